The second-order valence-corrected chi connectivity index (χ2v) is 5.85. The van der Waals surface area contributed by atoms with Crippen molar-refractivity contribution in [1.82, 2.24) is 10.6 Å². The Hall–Kier alpha value is -3.33. The topological polar surface area (TPSA) is 91.2 Å². The maximum absolute atomic E-state index is 12.0. The van der Waals surface area contributed by atoms with E-state index >= 15 is 0 Å². The molecule has 1 saturated heterocycles. The molecule has 1 aliphatic heterocycles. The maximum atomic E-state index is 12.0. The molecule has 0 saturated carbocycles. The zero-order chi connectivity index (χ0) is 17.9. The smallest absolute Gasteiger partial charge is 0.322 e. The van der Waals surface area contributed by atoms with Gasteiger partial charge in [-0.2, -0.15) is 5.26 Å². The molecule has 1 unspecified atom stereocenters. The molecule has 126 valence electrons. The quantitative estimate of drug-likeness (QED) is 0.822. The van der Waals surface area contributed by atoms with Crippen LogP contribution in [0.25, 0.3) is 11.1 Å². The Labute approximate surface area is 145 Å². The number of hydrogen-bond acceptors (Lipinski definition) is 4. The molecule has 0 bridgehead atoms. The zero-order valence-electron chi connectivity index (χ0n) is 13.7. The van der Waals surface area contributed by atoms with Gasteiger partial charge in [-0.25, -0.2) is 4.79 Å². The molecule has 0 spiro atoms. The Balaban J connectivity index is 1.69. The van der Waals surface area contributed by atoms with Crippen LogP contribution >= 0.6 is 0 Å². The van der Waals surface area contributed by atoms with E-state index in [4.69, 9.17) is 10.00 Å². The van der Waals surface area contributed by atoms with Gasteiger partial charge in [-0.1, -0.05) is 31.2 Å². The molecule has 1 heterocycles. The molecule has 2 aromatic rings. The van der Waals surface area contributed by atoms with Gasteiger partial charge >= 0.3 is 6.03 Å². The Morgan fingerprint density at radius 1 is 1.04 bits per heavy atom. The van der Waals surface area contributed by atoms with Gasteiger partial charge in [0.15, 0.2) is 5.54 Å². The van der Waals surface area contributed by atoms with Gasteiger partial charge in [-0.15, -0.1) is 0 Å². The lowest BCUT2D eigenvalue weighted by molar-refractivity contribution is -0.125. The first-order chi connectivity index (χ1) is 12.1. The van der Waals surface area contributed by atoms with Crippen LogP contribution in [0.5, 0.6) is 5.75 Å². The van der Waals surface area contributed by atoms with Gasteiger partial charge in [0.1, 0.15) is 12.4 Å². The number of nitrogens with one attached hydrogen (secondary N) is 2. The van der Waals surface area contributed by atoms with Gasteiger partial charge < -0.3 is 10.1 Å². The summed E-state index contributed by atoms with van der Waals surface area (Å²) in [6.45, 7) is 1.89. The van der Waals surface area contributed by atoms with Crippen molar-refractivity contribution in [2.45, 2.75) is 18.9 Å². The summed E-state index contributed by atoms with van der Waals surface area (Å²) in [6.07, 6.45) is 0.438. The van der Waals surface area contributed by atoms with E-state index in [0.29, 0.717) is 17.7 Å². The first kappa shape index (κ1) is 16.5. The van der Waals surface area contributed by atoms with Crippen LogP contribution in [0, 0.1) is 11.3 Å². The van der Waals surface area contributed by atoms with Gasteiger partial charge in [0.2, 0.25) is 0 Å². The minimum absolute atomic E-state index is 0.0668. The van der Waals surface area contributed by atoms with Crippen LogP contribution in [0.4, 0.5) is 4.79 Å². The molecule has 6 heteroatoms. The second kappa shape index (κ2) is 6.65. The average molecular weight is 335 g/mol. The standard InChI is InChI=1S/C19H17N3O3/c1-2-19(17(23)21-18(24)22-19)12-25-16-9-7-15(8-10-16)14-5-3-13(11-20)4-6-14/h3-10H,2,12H2,1H3,(H2,21,22,23,24). The lowest BCUT2D eigenvalue weighted by atomic mass is 9.98. The monoisotopic (exact) mass is 335 g/mol. The fourth-order valence-corrected chi connectivity index (χ4v) is 2.67. The van der Waals surface area contributed by atoms with Gasteiger partial charge in [-0.05, 0) is 41.8 Å². The molecule has 0 aromatic heterocycles. The van der Waals surface area contributed by atoms with Crippen LogP contribution < -0.4 is 15.4 Å². The number of carbonyl (C=O) groups is 2. The summed E-state index contributed by atoms with van der Waals surface area (Å²) in [6, 6.07) is 16.3. The second-order valence-electron chi connectivity index (χ2n) is 5.85. The molecule has 2 aromatic carbocycles. The van der Waals surface area contributed by atoms with E-state index in [0.717, 1.165) is 11.1 Å². The van der Waals surface area contributed by atoms with Crippen LogP contribution in [-0.2, 0) is 4.79 Å². The van der Waals surface area contributed by atoms with Crippen molar-refractivity contribution in [2.24, 2.45) is 0 Å². The third kappa shape index (κ3) is 3.31. The number of benzene rings is 2. The summed E-state index contributed by atoms with van der Waals surface area (Å²) in [4.78, 5) is 23.3. The number of imide groups is 1. The van der Waals surface area contributed by atoms with E-state index in [1.807, 2.05) is 43.3 Å². The third-order valence-corrected chi connectivity index (χ3v) is 4.30. The van der Waals surface area contributed by atoms with Crippen molar-refractivity contribution in [1.29, 1.82) is 5.26 Å². The Kier molecular flexibility index (Phi) is 4.40. The summed E-state index contributed by atoms with van der Waals surface area (Å²) in [5, 5.41) is 13.7. The highest BCUT2D eigenvalue weighted by Gasteiger charge is 2.45. The van der Waals surface area contributed by atoms with Gasteiger partial charge in [-0.3, -0.25) is 10.1 Å². The van der Waals surface area contributed by atoms with Crippen molar-refractivity contribution < 1.29 is 14.3 Å². The Morgan fingerprint density at radius 2 is 1.64 bits per heavy atom. The van der Waals surface area contributed by atoms with Crippen molar-refractivity contribution in [3.05, 3.63) is 54.1 Å². The van der Waals surface area contributed by atoms with Gasteiger partial charge in [0.05, 0.1) is 11.6 Å². The summed E-state index contributed by atoms with van der Waals surface area (Å²) in [7, 11) is 0. The van der Waals surface area contributed by atoms with E-state index in [1.165, 1.54) is 0 Å². The van der Waals surface area contributed by atoms with Crippen molar-refractivity contribution in [3.63, 3.8) is 0 Å². The van der Waals surface area contributed by atoms with E-state index in [9.17, 15) is 9.59 Å². The van der Waals surface area contributed by atoms with E-state index < -0.39 is 11.6 Å². The summed E-state index contributed by atoms with van der Waals surface area (Å²) >= 11 is 0. The largest absolute Gasteiger partial charge is 0.491 e. The first-order valence-corrected chi connectivity index (χ1v) is 7.93. The molecular weight excluding hydrogens is 318 g/mol. The molecule has 1 aliphatic rings. The lowest BCUT2D eigenvalue weighted by Crippen LogP contribution is -2.51. The minimum atomic E-state index is -1.02. The van der Waals surface area contributed by atoms with Crippen molar-refractivity contribution in [2.75, 3.05) is 6.61 Å². The molecule has 25 heavy (non-hydrogen) atoms. The summed E-state index contributed by atoms with van der Waals surface area (Å²) in [5.74, 6) is 0.244. The molecule has 3 rings (SSSR count). The number of amides is 3. The normalized spacial score (nSPS) is 19.0. The summed E-state index contributed by atoms with van der Waals surface area (Å²) in [5.41, 5.74) is 1.58. The number of ether oxygens (including phenoxy) is 1. The lowest BCUT2D eigenvalue weighted by Gasteiger charge is -2.24. The number of nitriles is 1. The maximum Gasteiger partial charge on any atom is 0.322 e. The first-order valence-electron chi connectivity index (χ1n) is 7.93. The van der Waals surface area contributed by atoms with Crippen LogP contribution in [0.3, 0.4) is 0 Å². The average Bonchev–Trinajstić information content (AvgIpc) is 2.94. The highest BCUT2D eigenvalue weighted by Crippen LogP contribution is 2.24. The predicted octanol–water partition coefficient (Wildman–Crippen LogP) is 2.59. The van der Waals surface area contributed by atoms with Crippen LogP contribution in [-0.4, -0.2) is 24.1 Å². The molecule has 2 N–H and O–H groups in total. The fourth-order valence-electron chi connectivity index (χ4n) is 2.67. The molecule has 1 atom stereocenters. The highest BCUT2D eigenvalue weighted by atomic mass is 16.5. The molecule has 0 radical (unpaired) electrons. The van der Waals surface area contributed by atoms with Crippen LogP contribution in [0.15, 0.2) is 48.5 Å². The number of urea groups is 1. The number of nitrogens with zero attached hydrogens (tertiary/aromatic N) is 1. The SMILES string of the molecule is CCC1(COc2ccc(-c3ccc(C#N)cc3)cc2)NC(=O)NC1=O. The number of hydrogen-bond donors (Lipinski definition) is 2. The Morgan fingerprint density at radius 3 is 2.12 bits per heavy atom. The number of carbonyl (C=O) groups excluding carboxylic acids is 2. The van der Waals surface area contributed by atoms with Crippen LogP contribution in [0.1, 0.15) is 18.9 Å². The molecule has 1 fully saturated rings. The van der Waals surface area contributed by atoms with Crippen molar-refractivity contribution >= 4 is 11.9 Å². The minimum Gasteiger partial charge on any atom is -0.491 e. The molecular formula is C19H17N3O3. The highest BCUT2D eigenvalue weighted by molar-refractivity contribution is 6.07. The third-order valence-electron chi connectivity index (χ3n) is 4.30. The van der Waals surface area contributed by atoms with E-state index in [-0.39, 0.29) is 12.5 Å². The zero-order valence-corrected chi connectivity index (χ0v) is 13.7. The van der Waals surface area contributed by atoms with Crippen LogP contribution in [0.2, 0.25) is 0 Å². The molecule has 3 amide bonds. The predicted molar refractivity (Wildman–Crippen MR) is 91.8 cm³/mol. The van der Waals surface area contributed by atoms with E-state index in [1.54, 1.807) is 12.1 Å². The number of rotatable bonds is 5. The van der Waals surface area contributed by atoms with Gasteiger partial charge in [0.25, 0.3) is 5.91 Å². The molecule has 0 aliphatic carbocycles. The Bertz CT molecular complexity index is 838. The van der Waals surface area contributed by atoms with Crippen molar-refractivity contribution in [3.8, 4) is 22.9 Å². The fraction of sp³-hybridized carbons (Fsp3) is 0.211. The van der Waals surface area contributed by atoms with Gasteiger partial charge in [0, 0.05) is 0 Å². The molecule has 6 nitrogen and oxygen atoms in total. The van der Waals surface area contributed by atoms with E-state index in [2.05, 4.69) is 16.7 Å². The summed E-state index contributed by atoms with van der Waals surface area (Å²) < 4.78 is 5.71.